The van der Waals surface area contributed by atoms with E-state index in [-0.39, 0.29) is 12.0 Å². The molecule has 0 aliphatic carbocycles. The van der Waals surface area contributed by atoms with Crippen LogP contribution >= 0.6 is 22.6 Å². The van der Waals surface area contributed by atoms with Gasteiger partial charge in [-0.2, -0.15) is 0 Å². The van der Waals surface area contributed by atoms with Gasteiger partial charge in [0.25, 0.3) is 5.91 Å². The number of rotatable bonds is 5. The Morgan fingerprint density at radius 3 is 2.17 bits per heavy atom. The third kappa shape index (κ3) is 4.98. The van der Waals surface area contributed by atoms with E-state index in [2.05, 4.69) is 27.9 Å². The molecule has 1 atom stereocenters. The van der Waals surface area contributed by atoms with Crippen molar-refractivity contribution < 1.29 is 18.4 Å². The summed E-state index contributed by atoms with van der Waals surface area (Å²) in [6.45, 7) is 0. The molecule has 0 bridgehead atoms. The maximum absolute atomic E-state index is 13.2. The van der Waals surface area contributed by atoms with Gasteiger partial charge in [-0.15, -0.1) is 0 Å². The van der Waals surface area contributed by atoms with E-state index in [0.29, 0.717) is 6.07 Å². The first-order valence-electron chi connectivity index (χ1n) is 6.66. The van der Waals surface area contributed by atoms with Crippen LogP contribution in [0.1, 0.15) is 15.9 Å². The Labute approximate surface area is 145 Å². The molecule has 23 heavy (non-hydrogen) atoms. The van der Waals surface area contributed by atoms with Crippen molar-refractivity contribution in [1.29, 1.82) is 0 Å². The van der Waals surface area contributed by atoms with Gasteiger partial charge in [-0.05, 0) is 52.4 Å². The first kappa shape index (κ1) is 17.3. The van der Waals surface area contributed by atoms with Crippen molar-refractivity contribution in [1.82, 2.24) is 5.32 Å². The molecule has 2 rings (SSSR count). The van der Waals surface area contributed by atoms with Gasteiger partial charge >= 0.3 is 0 Å². The molecule has 0 saturated heterocycles. The average molecular weight is 430 g/mol. The zero-order valence-corrected chi connectivity index (χ0v) is 14.0. The Balaban J connectivity index is 2.14. The molecule has 2 aromatic rings. The Morgan fingerprint density at radius 2 is 1.65 bits per heavy atom. The second-order valence-electron chi connectivity index (χ2n) is 4.92. The van der Waals surface area contributed by atoms with Gasteiger partial charge in [0.2, 0.25) is 5.91 Å². The maximum atomic E-state index is 13.2. The second-order valence-corrected chi connectivity index (χ2v) is 6.16. The molecule has 0 aliphatic heterocycles. The van der Waals surface area contributed by atoms with Gasteiger partial charge in [0.1, 0.15) is 17.7 Å². The Morgan fingerprint density at radius 1 is 1.09 bits per heavy atom. The molecule has 0 fully saturated rings. The molecular formula is C16H13F2IN2O2. The molecule has 2 aromatic carbocycles. The number of amides is 2. The van der Waals surface area contributed by atoms with Crippen LogP contribution in [0, 0.1) is 15.2 Å². The SMILES string of the molecule is NC(=O)[C@@H](Cc1ccc(I)cc1)NC(=O)c1cc(F)cc(F)c1. The molecule has 0 aliphatic rings. The van der Waals surface area contributed by atoms with Crippen LogP contribution in [0.2, 0.25) is 0 Å². The molecule has 0 unspecified atom stereocenters. The van der Waals surface area contributed by atoms with Gasteiger partial charge in [0, 0.05) is 21.6 Å². The lowest BCUT2D eigenvalue weighted by atomic mass is 10.0. The van der Waals surface area contributed by atoms with Gasteiger partial charge in [-0.1, -0.05) is 12.1 Å². The number of nitrogens with one attached hydrogen (secondary N) is 1. The molecular weight excluding hydrogens is 417 g/mol. The Hall–Kier alpha value is -2.03. The first-order chi connectivity index (χ1) is 10.8. The fourth-order valence-corrected chi connectivity index (χ4v) is 2.37. The lowest BCUT2D eigenvalue weighted by Gasteiger charge is -2.16. The monoisotopic (exact) mass is 430 g/mol. The van der Waals surface area contributed by atoms with Crippen LogP contribution < -0.4 is 11.1 Å². The van der Waals surface area contributed by atoms with E-state index < -0.39 is 29.5 Å². The predicted molar refractivity (Wildman–Crippen MR) is 89.7 cm³/mol. The Bertz CT molecular complexity index is 715. The Kier molecular flexibility index (Phi) is 5.64. The number of hydrogen-bond donors (Lipinski definition) is 2. The molecule has 0 spiro atoms. The normalized spacial score (nSPS) is 11.8. The third-order valence-electron chi connectivity index (χ3n) is 3.13. The van der Waals surface area contributed by atoms with E-state index in [4.69, 9.17) is 5.73 Å². The quantitative estimate of drug-likeness (QED) is 0.716. The average Bonchev–Trinajstić information content (AvgIpc) is 2.47. The zero-order valence-electron chi connectivity index (χ0n) is 11.9. The van der Waals surface area contributed by atoms with Crippen LogP contribution in [0.3, 0.4) is 0 Å². The highest BCUT2D eigenvalue weighted by Crippen LogP contribution is 2.11. The van der Waals surface area contributed by atoms with E-state index >= 15 is 0 Å². The number of carbonyl (C=O) groups is 2. The lowest BCUT2D eigenvalue weighted by molar-refractivity contribution is -0.119. The summed E-state index contributed by atoms with van der Waals surface area (Å²) in [5, 5.41) is 2.40. The zero-order chi connectivity index (χ0) is 17.0. The smallest absolute Gasteiger partial charge is 0.252 e. The van der Waals surface area contributed by atoms with Crippen molar-refractivity contribution in [3.8, 4) is 0 Å². The number of hydrogen-bond acceptors (Lipinski definition) is 2. The van der Waals surface area contributed by atoms with Crippen molar-refractivity contribution in [3.05, 3.63) is 68.8 Å². The van der Waals surface area contributed by atoms with Gasteiger partial charge in [0.05, 0.1) is 0 Å². The number of benzene rings is 2. The molecule has 3 N–H and O–H groups in total. The molecule has 0 heterocycles. The third-order valence-corrected chi connectivity index (χ3v) is 3.85. The largest absolute Gasteiger partial charge is 0.368 e. The maximum Gasteiger partial charge on any atom is 0.252 e. The number of primary amides is 1. The molecule has 4 nitrogen and oxygen atoms in total. The highest BCUT2D eigenvalue weighted by Gasteiger charge is 2.20. The minimum absolute atomic E-state index is 0.190. The molecule has 7 heteroatoms. The van der Waals surface area contributed by atoms with E-state index in [1.165, 1.54) is 0 Å². The number of carbonyl (C=O) groups excluding carboxylic acids is 2. The highest BCUT2D eigenvalue weighted by atomic mass is 127. The van der Waals surface area contributed by atoms with Crippen molar-refractivity contribution in [3.63, 3.8) is 0 Å². The summed E-state index contributed by atoms with van der Waals surface area (Å²) < 4.78 is 27.3. The van der Waals surface area contributed by atoms with E-state index in [1.807, 2.05) is 24.3 Å². The summed E-state index contributed by atoms with van der Waals surface area (Å²) in [5.74, 6) is -3.24. The molecule has 2 amide bonds. The highest BCUT2D eigenvalue weighted by molar-refractivity contribution is 14.1. The second kappa shape index (κ2) is 7.49. The topological polar surface area (TPSA) is 72.2 Å². The van der Waals surface area contributed by atoms with E-state index in [9.17, 15) is 18.4 Å². The summed E-state index contributed by atoms with van der Waals surface area (Å²) in [5.41, 5.74) is 5.89. The van der Waals surface area contributed by atoms with Crippen LogP contribution in [0.4, 0.5) is 8.78 Å². The summed E-state index contributed by atoms with van der Waals surface area (Å²) in [7, 11) is 0. The van der Waals surface area contributed by atoms with Crippen molar-refractivity contribution >= 4 is 34.4 Å². The fourth-order valence-electron chi connectivity index (χ4n) is 2.01. The number of halogens is 3. The van der Waals surface area contributed by atoms with Gasteiger partial charge < -0.3 is 11.1 Å². The minimum atomic E-state index is -0.978. The molecule has 0 aromatic heterocycles. The molecule has 120 valence electrons. The van der Waals surface area contributed by atoms with Crippen LogP contribution in [-0.2, 0) is 11.2 Å². The molecule has 0 saturated carbocycles. The van der Waals surface area contributed by atoms with Crippen molar-refractivity contribution in [2.24, 2.45) is 5.73 Å². The van der Waals surface area contributed by atoms with Crippen LogP contribution in [0.25, 0.3) is 0 Å². The van der Waals surface area contributed by atoms with Gasteiger partial charge in [-0.25, -0.2) is 8.78 Å². The summed E-state index contributed by atoms with van der Waals surface area (Å²) in [4.78, 5) is 23.6. The summed E-state index contributed by atoms with van der Waals surface area (Å²) in [6, 6.07) is 8.80. The molecule has 0 radical (unpaired) electrons. The number of nitrogens with two attached hydrogens (primary N) is 1. The fraction of sp³-hybridized carbons (Fsp3) is 0.125. The minimum Gasteiger partial charge on any atom is -0.368 e. The van der Waals surface area contributed by atoms with E-state index in [1.54, 1.807) is 0 Å². The standard InChI is InChI=1S/C16H13F2IN2O2/c17-11-6-10(7-12(18)8-11)16(23)21-14(15(20)22)5-9-1-3-13(19)4-2-9/h1-4,6-8,14H,5H2,(H2,20,22)(H,21,23)/t14-/m1/s1. The summed E-state index contributed by atoms with van der Waals surface area (Å²) >= 11 is 2.14. The summed E-state index contributed by atoms with van der Waals surface area (Å²) in [6.07, 6.45) is 0.190. The van der Waals surface area contributed by atoms with Crippen LogP contribution in [0.5, 0.6) is 0 Å². The lowest BCUT2D eigenvalue weighted by Crippen LogP contribution is -2.45. The first-order valence-corrected chi connectivity index (χ1v) is 7.74. The van der Waals surface area contributed by atoms with Crippen molar-refractivity contribution in [2.75, 3.05) is 0 Å². The van der Waals surface area contributed by atoms with Gasteiger partial charge in [-0.3, -0.25) is 9.59 Å². The van der Waals surface area contributed by atoms with Crippen LogP contribution in [0.15, 0.2) is 42.5 Å². The van der Waals surface area contributed by atoms with Gasteiger partial charge in [0.15, 0.2) is 0 Å². The van der Waals surface area contributed by atoms with E-state index in [0.717, 1.165) is 21.3 Å². The van der Waals surface area contributed by atoms with Crippen LogP contribution in [-0.4, -0.2) is 17.9 Å². The van der Waals surface area contributed by atoms with Crippen molar-refractivity contribution in [2.45, 2.75) is 12.5 Å². The predicted octanol–water partition coefficient (Wildman–Crippen LogP) is 2.40.